The van der Waals surface area contributed by atoms with Crippen molar-refractivity contribution in [3.05, 3.63) is 45.8 Å². The molecule has 20 heavy (non-hydrogen) atoms. The number of fused-ring (bicyclic) bond motifs is 1. The van der Waals surface area contributed by atoms with Crippen LogP contribution in [0.3, 0.4) is 0 Å². The molecule has 2 aromatic heterocycles. The first-order valence-electron chi connectivity index (χ1n) is 5.90. The van der Waals surface area contributed by atoms with Crippen molar-refractivity contribution in [3.8, 4) is 11.6 Å². The molecule has 0 spiro atoms. The Balaban J connectivity index is 2.07. The lowest BCUT2D eigenvalue weighted by atomic mass is 10.2. The predicted octanol–water partition coefficient (Wildman–Crippen LogP) is 4.89. The Morgan fingerprint density at radius 3 is 2.75 bits per heavy atom. The van der Waals surface area contributed by atoms with Gasteiger partial charge >= 0.3 is 0 Å². The second kappa shape index (κ2) is 5.00. The molecule has 0 aliphatic heterocycles. The zero-order valence-corrected chi connectivity index (χ0v) is 12.3. The van der Waals surface area contributed by atoms with Gasteiger partial charge in [-0.1, -0.05) is 0 Å². The van der Waals surface area contributed by atoms with Crippen LogP contribution in [0.15, 0.2) is 24.3 Å². The molecule has 0 atom stereocenters. The van der Waals surface area contributed by atoms with Gasteiger partial charge in [0.1, 0.15) is 16.4 Å². The Kier molecular flexibility index (Phi) is 3.31. The van der Waals surface area contributed by atoms with Crippen LogP contribution in [0.25, 0.3) is 10.2 Å². The summed E-state index contributed by atoms with van der Waals surface area (Å²) < 4.78 is 19.0. The quantitative estimate of drug-likeness (QED) is 0.632. The number of rotatable bonds is 2. The number of hydrogen-bond donors (Lipinski definition) is 0. The molecule has 0 unspecified atom stereocenters. The molecule has 3 nitrogen and oxygen atoms in total. The normalized spacial score (nSPS) is 11.0. The van der Waals surface area contributed by atoms with Crippen molar-refractivity contribution in [2.75, 3.05) is 0 Å². The highest BCUT2D eigenvalue weighted by Gasteiger charge is 2.12. The van der Waals surface area contributed by atoms with Gasteiger partial charge in [-0.2, -0.15) is 4.98 Å². The Labute approximate surface area is 124 Å². The fourth-order valence-electron chi connectivity index (χ4n) is 1.86. The topological polar surface area (TPSA) is 35.0 Å². The van der Waals surface area contributed by atoms with Gasteiger partial charge in [-0.25, -0.2) is 9.37 Å². The molecule has 3 rings (SSSR count). The number of aryl methyl sites for hydroxylation is 2. The van der Waals surface area contributed by atoms with Crippen LogP contribution < -0.4 is 4.74 Å². The molecule has 0 aliphatic carbocycles. The van der Waals surface area contributed by atoms with Crippen LogP contribution in [0.1, 0.15) is 10.4 Å². The lowest BCUT2D eigenvalue weighted by Crippen LogP contribution is -1.92. The summed E-state index contributed by atoms with van der Waals surface area (Å²) in [6.45, 7) is 3.66. The lowest BCUT2D eigenvalue weighted by molar-refractivity contribution is 0.466. The van der Waals surface area contributed by atoms with Crippen molar-refractivity contribution in [1.29, 1.82) is 0 Å². The Morgan fingerprint density at radius 1 is 1.20 bits per heavy atom. The van der Waals surface area contributed by atoms with Crippen molar-refractivity contribution < 1.29 is 9.13 Å². The minimum absolute atomic E-state index is 0.133. The van der Waals surface area contributed by atoms with E-state index in [0.29, 0.717) is 17.2 Å². The van der Waals surface area contributed by atoms with Crippen LogP contribution in [-0.2, 0) is 0 Å². The predicted molar refractivity (Wildman–Crippen MR) is 78.4 cm³/mol. The summed E-state index contributed by atoms with van der Waals surface area (Å²) in [5.41, 5.74) is 0.514. The fourth-order valence-corrected chi connectivity index (χ4v) is 2.94. The maximum Gasteiger partial charge on any atom is 0.232 e. The zero-order valence-electron chi connectivity index (χ0n) is 10.8. The number of ether oxygens (including phenoxy) is 1. The van der Waals surface area contributed by atoms with E-state index in [-0.39, 0.29) is 11.1 Å². The van der Waals surface area contributed by atoms with E-state index in [4.69, 9.17) is 16.3 Å². The summed E-state index contributed by atoms with van der Waals surface area (Å²) in [6, 6.07) is 6.49. The number of hydrogen-bond acceptors (Lipinski definition) is 4. The van der Waals surface area contributed by atoms with Crippen LogP contribution in [0, 0.1) is 19.7 Å². The van der Waals surface area contributed by atoms with Gasteiger partial charge in [0, 0.05) is 4.88 Å². The molecule has 0 bridgehead atoms. The van der Waals surface area contributed by atoms with Crippen molar-refractivity contribution in [1.82, 2.24) is 9.97 Å². The smallest absolute Gasteiger partial charge is 0.232 e. The summed E-state index contributed by atoms with van der Waals surface area (Å²) in [5, 5.41) is 0.937. The molecule has 0 amide bonds. The molecular weight excluding hydrogens is 299 g/mol. The van der Waals surface area contributed by atoms with Crippen molar-refractivity contribution in [3.63, 3.8) is 0 Å². The Bertz CT molecular complexity index is 803. The maximum atomic E-state index is 13.3. The minimum atomic E-state index is -0.269. The van der Waals surface area contributed by atoms with Crippen LogP contribution in [0.5, 0.6) is 11.6 Å². The number of nitrogens with zero attached hydrogens (tertiary/aromatic N) is 2. The van der Waals surface area contributed by atoms with Gasteiger partial charge in [-0.3, -0.25) is 0 Å². The molecule has 3 aromatic rings. The minimum Gasteiger partial charge on any atom is -0.438 e. The third kappa shape index (κ3) is 2.46. The SMILES string of the molecule is Cc1cc2c(Oc3ccc(F)c(C)c3)nc(Cl)nc2s1. The summed E-state index contributed by atoms with van der Waals surface area (Å²) >= 11 is 7.42. The monoisotopic (exact) mass is 308 g/mol. The van der Waals surface area contributed by atoms with Gasteiger partial charge in [-0.05, 0) is 55.3 Å². The highest BCUT2D eigenvalue weighted by Crippen LogP contribution is 2.33. The molecule has 0 N–H and O–H groups in total. The number of aromatic nitrogens is 2. The van der Waals surface area contributed by atoms with Gasteiger partial charge in [0.2, 0.25) is 11.2 Å². The van der Waals surface area contributed by atoms with E-state index < -0.39 is 0 Å². The molecule has 0 saturated carbocycles. The van der Waals surface area contributed by atoms with Crippen molar-refractivity contribution in [2.45, 2.75) is 13.8 Å². The van der Waals surface area contributed by atoms with E-state index in [1.54, 1.807) is 19.1 Å². The van der Waals surface area contributed by atoms with Crippen molar-refractivity contribution >= 4 is 33.2 Å². The molecular formula is C14H10ClFN2OS. The standard InChI is InChI=1S/C14H10ClFN2OS/c1-7-5-9(3-4-11(7)16)19-12-10-6-8(2)20-13(10)18-14(15)17-12/h3-6H,1-2H3. The lowest BCUT2D eigenvalue weighted by Gasteiger charge is -2.07. The third-order valence-corrected chi connectivity index (χ3v) is 3.91. The molecule has 0 radical (unpaired) electrons. The average Bonchev–Trinajstić information content (AvgIpc) is 2.74. The highest BCUT2D eigenvalue weighted by atomic mass is 35.5. The Hall–Kier alpha value is -1.72. The molecule has 1 aromatic carbocycles. The van der Waals surface area contributed by atoms with E-state index in [1.807, 2.05) is 13.0 Å². The van der Waals surface area contributed by atoms with Crippen LogP contribution >= 0.6 is 22.9 Å². The van der Waals surface area contributed by atoms with Crippen LogP contribution in [0.2, 0.25) is 5.28 Å². The fraction of sp³-hybridized carbons (Fsp3) is 0.143. The van der Waals surface area contributed by atoms with E-state index in [2.05, 4.69) is 9.97 Å². The second-order valence-corrected chi connectivity index (χ2v) is 5.96. The summed E-state index contributed by atoms with van der Waals surface area (Å²) in [6.07, 6.45) is 0. The van der Waals surface area contributed by atoms with Crippen LogP contribution in [0.4, 0.5) is 4.39 Å². The maximum absolute atomic E-state index is 13.3. The average molecular weight is 309 g/mol. The van der Waals surface area contributed by atoms with Gasteiger partial charge in [0.05, 0.1) is 5.39 Å². The first-order valence-corrected chi connectivity index (χ1v) is 7.10. The van der Waals surface area contributed by atoms with Gasteiger partial charge < -0.3 is 4.74 Å². The summed E-state index contributed by atoms with van der Waals surface area (Å²) in [7, 11) is 0. The largest absolute Gasteiger partial charge is 0.438 e. The third-order valence-electron chi connectivity index (χ3n) is 2.80. The van der Waals surface area contributed by atoms with Gasteiger partial charge in [-0.15, -0.1) is 11.3 Å². The molecule has 0 aliphatic rings. The summed E-state index contributed by atoms with van der Waals surface area (Å²) in [5.74, 6) is 0.633. The number of halogens is 2. The van der Waals surface area contributed by atoms with E-state index in [0.717, 1.165) is 15.1 Å². The van der Waals surface area contributed by atoms with Gasteiger partial charge in [0.15, 0.2) is 0 Å². The van der Waals surface area contributed by atoms with E-state index in [9.17, 15) is 4.39 Å². The number of benzene rings is 1. The molecule has 0 saturated heterocycles. The highest BCUT2D eigenvalue weighted by molar-refractivity contribution is 7.18. The van der Waals surface area contributed by atoms with E-state index in [1.165, 1.54) is 17.4 Å². The molecule has 6 heteroatoms. The van der Waals surface area contributed by atoms with Crippen LogP contribution in [-0.4, -0.2) is 9.97 Å². The van der Waals surface area contributed by atoms with Gasteiger partial charge in [0.25, 0.3) is 0 Å². The zero-order chi connectivity index (χ0) is 14.3. The molecule has 102 valence electrons. The Morgan fingerprint density at radius 2 is 2.00 bits per heavy atom. The molecule has 0 fully saturated rings. The summed E-state index contributed by atoms with van der Waals surface area (Å²) in [4.78, 5) is 10.1. The molecule has 2 heterocycles. The first-order chi connectivity index (χ1) is 9.52. The van der Waals surface area contributed by atoms with E-state index >= 15 is 0 Å². The number of thiophene rings is 1. The second-order valence-electron chi connectivity index (χ2n) is 4.39. The van der Waals surface area contributed by atoms with Crippen molar-refractivity contribution in [2.24, 2.45) is 0 Å². The first kappa shape index (κ1) is 13.3.